The normalized spacial score (nSPS) is 22.0. The Morgan fingerprint density at radius 1 is 0.571 bits per heavy atom. The Labute approximate surface area is 134 Å². The van der Waals surface area contributed by atoms with Crippen molar-refractivity contribution in [3.8, 4) is 0 Å². The average molecular weight is 295 g/mol. The van der Waals surface area contributed by atoms with E-state index in [-0.39, 0.29) is 0 Å². The van der Waals surface area contributed by atoms with Gasteiger partial charge in [-0.05, 0) is 24.7 Å². The van der Waals surface area contributed by atoms with Crippen LogP contribution < -0.4 is 5.32 Å². The summed E-state index contributed by atoms with van der Waals surface area (Å²) in [5.41, 5.74) is 0. The van der Waals surface area contributed by atoms with E-state index in [1.165, 1.54) is 103 Å². The Hall–Kier alpha value is -0.0400. The van der Waals surface area contributed by atoms with Crippen molar-refractivity contribution in [3.05, 3.63) is 0 Å². The van der Waals surface area contributed by atoms with Crippen molar-refractivity contribution in [2.24, 2.45) is 11.8 Å². The summed E-state index contributed by atoms with van der Waals surface area (Å²) in [4.78, 5) is 0. The second-order valence-electron chi connectivity index (χ2n) is 7.22. The summed E-state index contributed by atoms with van der Waals surface area (Å²) in [6.07, 6.45) is 20.1. The van der Waals surface area contributed by atoms with Crippen LogP contribution in [0.4, 0.5) is 0 Å². The molecule has 2 unspecified atom stereocenters. The molecule has 1 aliphatic rings. The first-order valence-corrected chi connectivity index (χ1v) is 10.0. The summed E-state index contributed by atoms with van der Waals surface area (Å²) >= 11 is 0. The van der Waals surface area contributed by atoms with E-state index < -0.39 is 0 Å². The molecule has 1 heterocycles. The van der Waals surface area contributed by atoms with E-state index in [0.29, 0.717) is 0 Å². The smallest absolute Gasteiger partial charge is 0.0164 e. The van der Waals surface area contributed by atoms with Crippen LogP contribution in [0.5, 0.6) is 0 Å². The second-order valence-corrected chi connectivity index (χ2v) is 7.22. The minimum absolute atomic E-state index is 0.937. The van der Waals surface area contributed by atoms with E-state index in [2.05, 4.69) is 13.8 Å². The lowest BCUT2D eigenvalue weighted by molar-refractivity contribution is 0.346. The number of nitrogens with zero attached hydrogens (tertiary/aromatic N) is 1. The molecule has 0 amide bonds. The van der Waals surface area contributed by atoms with Gasteiger partial charge in [-0.2, -0.15) is 0 Å². The van der Waals surface area contributed by atoms with Crippen molar-refractivity contribution < 1.29 is 0 Å². The molecule has 0 spiro atoms. The predicted molar refractivity (Wildman–Crippen MR) is 94.8 cm³/mol. The largest absolute Gasteiger partial charge is 0.241 e. The average Bonchev–Trinajstić information content (AvgIpc) is 2.94. The zero-order valence-electron chi connectivity index (χ0n) is 14.9. The number of unbranched alkanes of at least 4 members (excludes halogenated alkanes) is 10. The van der Waals surface area contributed by atoms with Crippen LogP contribution in [0, 0.1) is 11.8 Å². The van der Waals surface area contributed by atoms with Crippen LogP contribution in [0.3, 0.4) is 0 Å². The van der Waals surface area contributed by atoms with Crippen LogP contribution in [0.1, 0.15) is 104 Å². The standard InChI is InChI=1S/C20H40N/c1-3-5-7-9-11-13-15-19-17-21-18-20(19)16-14-12-10-8-6-4-2/h19-20H,3-18H2,1-2H3. The lowest BCUT2D eigenvalue weighted by Gasteiger charge is -2.18. The summed E-state index contributed by atoms with van der Waals surface area (Å²) in [6, 6.07) is 0. The maximum atomic E-state index is 4.70. The van der Waals surface area contributed by atoms with E-state index >= 15 is 0 Å². The van der Waals surface area contributed by atoms with E-state index in [1.54, 1.807) is 0 Å². The molecule has 1 fully saturated rings. The van der Waals surface area contributed by atoms with Crippen LogP contribution in [-0.4, -0.2) is 13.1 Å². The first-order chi connectivity index (χ1) is 10.4. The van der Waals surface area contributed by atoms with Gasteiger partial charge < -0.3 is 0 Å². The molecular weight excluding hydrogens is 254 g/mol. The number of rotatable bonds is 14. The summed E-state index contributed by atoms with van der Waals surface area (Å²) in [7, 11) is 0. The topological polar surface area (TPSA) is 14.1 Å². The van der Waals surface area contributed by atoms with Gasteiger partial charge in [-0.3, -0.25) is 0 Å². The van der Waals surface area contributed by atoms with Crippen LogP contribution in [0.15, 0.2) is 0 Å². The van der Waals surface area contributed by atoms with Gasteiger partial charge in [-0.1, -0.05) is 90.9 Å². The van der Waals surface area contributed by atoms with Crippen molar-refractivity contribution >= 4 is 0 Å². The van der Waals surface area contributed by atoms with Gasteiger partial charge in [0.25, 0.3) is 0 Å². The molecule has 0 bridgehead atoms. The van der Waals surface area contributed by atoms with Crippen molar-refractivity contribution in [2.75, 3.05) is 13.1 Å². The molecule has 0 N–H and O–H groups in total. The molecule has 0 saturated carbocycles. The molecule has 1 rings (SSSR count). The van der Waals surface area contributed by atoms with Crippen LogP contribution >= 0.6 is 0 Å². The molecule has 0 aromatic rings. The summed E-state index contributed by atoms with van der Waals surface area (Å²) in [5.74, 6) is 1.87. The first kappa shape index (κ1) is 19.0. The highest BCUT2D eigenvalue weighted by Crippen LogP contribution is 2.28. The molecule has 1 nitrogen and oxygen atoms in total. The summed E-state index contributed by atoms with van der Waals surface area (Å²) < 4.78 is 0. The van der Waals surface area contributed by atoms with Crippen molar-refractivity contribution in [3.63, 3.8) is 0 Å². The molecule has 0 aliphatic carbocycles. The minimum Gasteiger partial charge on any atom is -0.241 e. The molecule has 1 heteroatoms. The van der Waals surface area contributed by atoms with Crippen LogP contribution in [-0.2, 0) is 0 Å². The van der Waals surface area contributed by atoms with Gasteiger partial charge in [0, 0.05) is 13.1 Å². The van der Waals surface area contributed by atoms with Gasteiger partial charge in [0.1, 0.15) is 0 Å². The van der Waals surface area contributed by atoms with Crippen LogP contribution in [0.25, 0.3) is 0 Å². The fourth-order valence-corrected chi connectivity index (χ4v) is 3.73. The van der Waals surface area contributed by atoms with E-state index in [1.807, 2.05) is 0 Å². The number of hydrogen-bond acceptors (Lipinski definition) is 0. The summed E-state index contributed by atoms with van der Waals surface area (Å²) in [5, 5.41) is 4.70. The van der Waals surface area contributed by atoms with Gasteiger partial charge in [0.05, 0.1) is 0 Å². The maximum Gasteiger partial charge on any atom is 0.0164 e. The Morgan fingerprint density at radius 2 is 0.952 bits per heavy atom. The van der Waals surface area contributed by atoms with Gasteiger partial charge in [-0.25, -0.2) is 5.32 Å². The third-order valence-electron chi connectivity index (χ3n) is 5.25. The van der Waals surface area contributed by atoms with Gasteiger partial charge in [-0.15, -0.1) is 0 Å². The van der Waals surface area contributed by atoms with Gasteiger partial charge in [0.2, 0.25) is 0 Å². The van der Waals surface area contributed by atoms with Crippen molar-refractivity contribution in [1.29, 1.82) is 0 Å². The van der Waals surface area contributed by atoms with E-state index in [9.17, 15) is 0 Å². The Bertz CT molecular complexity index is 192. The molecule has 21 heavy (non-hydrogen) atoms. The first-order valence-electron chi connectivity index (χ1n) is 10.0. The maximum absolute atomic E-state index is 4.70. The third kappa shape index (κ3) is 9.55. The minimum atomic E-state index is 0.937. The zero-order chi connectivity index (χ0) is 15.2. The second kappa shape index (κ2) is 13.6. The highest BCUT2D eigenvalue weighted by Gasteiger charge is 2.26. The van der Waals surface area contributed by atoms with Gasteiger partial charge in [0.15, 0.2) is 0 Å². The SMILES string of the molecule is CCCCCCCCC1C[N]CC1CCCCCCCC. The Kier molecular flexibility index (Phi) is 12.3. The lowest BCUT2D eigenvalue weighted by Crippen LogP contribution is -2.12. The molecule has 0 aromatic carbocycles. The van der Waals surface area contributed by atoms with Crippen LogP contribution in [0.2, 0.25) is 0 Å². The third-order valence-corrected chi connectivity index (χ3v) is 5.25. The molecule has 125 valence electrons. The fourth-order valence-electron chi connectivity index (χ4n) is 3.73. The Balaban J connectivity index is 1.98. The lowest BCUT2D eigenvalue weighted by atomic mass is 9.86. The highest BCUT2D eigenvalue weighted by atomic mass is 14.9. The molecule has 1 radical (unpaired) electrons. The molecule has 1 aliphatic heterocycles. The molecule has 1 saturated heterocycles. The quantitative estimate of drug-likeness (QED) is 0.332. The fraction of sp³-hybridized carbons (Fsp3) is 1.00. The monoisotopic (exact) mass is 294 g/mol. The Morgan fingerprint density at radius 3 is 1.38 bits per heavy atom. The zero-order valence-corrected chi connectivity index (χ0v) is 14.9. The van der Waals surface area contributed by atoms with Gasteiger partial charge >= 0.3 is 0 Å². The molecule has 2 atom stereocenters. The predicted octanol–water partition coefficient (Wildman–Crippen LogP) is 6.34. The molecular formula is C20H40N. The van der Waals surface area contributed by atoms with E-state index in [4.69, 9.17) is 5.32 Å². The van der Waals surface area contributed by atoms with Crippen molar-refractivity contribution in [1.82, 2.24) is 5.32 Å². The van der Waals surface area contributed by atoms with E-state index in [0.717, 1.165) is 11.8 Å². The summed E-state index contributed by atoms with van der Waals surface area (Å²) in [6.45, 7) is 6.95. The highest BCUT2D eigenvalue weighted by molar-refractivity contribution is 4.80. The van der Waals surface area contributed by atoms with Crippen molar-refractivity contribution in [2.45, 2.75) is 104 Å². The number of hydrogen-bond donors (Lipinski definition) is 0. The molecule has 0 aromatic heterocycles.